The van der Waals surface area contributed by atoms with Crippen LogP contribution in [0.1, 0.15) is 73.0 Å². The van der Waals surface area contributed by atoms with Crippen molar-refractivity contribution in [3.05, 3.63) is 170 Å². The molecule has 0 aliphatic rings. The molecule has 0 aliphatic heterocycles. The van der Waals surface area contributed by atoms with E-state index in [9.17, 15) is 0 Å². The van der Waals surface area contributed by atoms with Gasteiger partial charge in [0.2, 0.25) is 0 Å². The van der Waals surface area contributed by atoms with E-state index in [4.69, 9.17) is 22.5 Å². The highest BCUT2D eigenvalue weighted by Gasteiger charge is 2.31. The summed E-state index contributed by atoms with van der Waals surface area (Å²) in [6, 6.07) is 39.4. The van der Waals surface area contributed by atoms with Gasteiger partial charge in [-0.1, -0.05) is 137 Å². The topological polar surface area (TPSA) is 0 Å². The maximum atomic E-state index is 7.09. The molecule has 0 bridgehead atoms. The van der Waals surface area contributed by atoms with Crippen molar-refractivity contribution in [2.45, 2.75) is 46.5 Å². The van der Waals surface area contributed by atoms with Gasteiger partial charge in [0, 0.05) is 17.1 Å². The molecule has 5 rings (SSSR count). The summed E-state index contributed by atoms with van der Waals surface area (Å²) in [7, 11) is 0. The molecule has 5 aromatic rings. The van der Waals surface area contributed by atoms with Crippen molar-refractivity contribution >= 4 is 34.4 Å². The first kappa shape index (κ1) is 28.6. The molecule has 0 atom stereocenters. The predicted octanol–water partition coefficient (Wildman–Crippen LogP) is 11.0. The van der Waals surface area contributed by atoms with Crippen molar-refractivity contribution in [2.75, 3.05) is 0 Å². The lowest BCUT2D eigenvalue weighted by Crippen LogP contribution is -2.22. The van der Waals surface area contributed by atoms with Crippen molar-refractivity contribution in [1.29, 1.82) is 0 Å². The number of rotatable bonds is 7. The van der Waals surface area contributed by atoms with Crippen LogP contribution < -0.4 is 5.30 Å². The van der Waals surface area contributed by atoms with E-state index in [1.165, 1.54) is 61.2 Å². The van der Waals surface area contributed by atoms with Gasteiger partial charge in [-0.25, -0.2) is 0 Å². The Bertz CT molecular complexity index is 1450. The fourth-order valence-electron chi connectivity index (χ4n) is 6.12. The van der Waals surface area contributed by atoms with Gasteiger partial charge < -0.3 is 0 Å². The highest BCUT2D eigenvalue weighted by molar-refractivity contribution is 8.09. The van der Waals surface area contributed by atoms with Crippen LogP contribution in [0.3, 0.4) is 0 Å². The maximum absolute atomic E-state index is 7.09. The van der Waals surface area contributed by atoms with Gasteiger partial charge >= 0.3 is 0 Å². The fraction of sp³-hybridized carbons (Fsp3) is 0.189. The third-order valence-electron chi connectivity index (χ3n) is 8.10. The molecular formula is C37H35Cl2P. The van der Waals surface area contributed by atoms with Crippen LogP contribution in [0, 0.1) is 34.6 Å². The van der Waals surface area contributed by atoms with Crippen LogP contribution in [0.4, 0.5) is 0 Å². The first-order valence-corrected chi connectivity index (χ1v) is 16.9. The average molecular weight is 582 g/mol. The van der Waals surface area contributed by atoms with E-state index in [0.717, 1.165) is 5.30 Å². The summed E-state index contributed by atoms with van der Waals surface area (Å²) in [4.78, 5) is 0. The molecule has 0 heterocycles. The summed E-state index contributed by atoms with van der Waals surface area (Å²) in [6.45, 7) is 9.52. The molecule has 0 unspecified atom stereocenters. The second kappa shape index (κ2) is 12.3. The zero-order valence-corrected chi connectivity index (χ0v) is 26.2. The summed E-state index contributed by atoms with van der Waals surface area (Å²) in [5.74, 6) is 0.0147. The number of benzene rings is 5. The molecule has 0 nitrogen and oxygen atoms in total. The Hall–Kier alpha value is -2.89. The monoisotopic (exact) mass is 580 g/mol. The molecule has 0 saturated heterocycles. The number of hydrogen-bond acceptors (Lipinski definition) is 0. The van der Waals surface area contributed by atoms with Crippen LogP contribution in [0.15, 0.2) is 109 Å². The van der Waals surface area contributed by atoms with Gasteiger partial charge in [0.1, 0.15) is 6.63 Å². The Labute approximate surface area is 250 Å². The van der Waals surface area contributed by atoms with Crippen LogP contribution in [0.5, 0.6) is 0 Å². The maximum Gasteiger partial charge on any atom is 0.117 e. The highest BCUT2D eigenvalue weighted by atomic mass is 35.9. The SMILES string of the molecule is Cc1cc(C(c2ccccc2C)c2ccccc2C)c(P(Cl)Cl)c(C(c2ccccc2C)c2ccccc2C)c1. The van der Waals surface area contributed by atoms with E-state index < -0.39 is 6.63 Å². The Balaban J connectivity index is 1.89. The smallest absolute Gasteiger partial charge is 0.0727 e. The molecule has 5 aromatic carbocycles. The quantitative estimate of drug-likeness (QED) is 0.133. The van der Waals surface area contributed by atoms with Crippen molar-refractivity contribution in [3.63, 3.8) is 0 Å². The Kier molecular flexibility index (Phi) is 8.82. The molecule has 0 fully saturated rings. The van der Waals surface area contributed by atoms with Gasteiger partial charge in [0.15, 0.2) is 0 Å². The van der Waals surface area contributed by atoms with E-state index in [2.05, 4.69) is 144 Å². The molecule has 0 amide bonds. The minimum atomic E-state index is -1.47. The first-order valence-electron chi connectivity index (χ1n) is 13.8. The zero-order valence-electron chi connectivity index (χ0n) is 23.8. The molecular weight excluding hydrogens is 546 g/mol. The minimum Gasteiger partial charge on any atom is -0.0727 e. The van der Waals surface area contributed by atoms with Gasteiger partial charge in [-0.05, 0) is 90.3 Å². The standard InChI is InChI=1S/C37H35Cl2P/c1-24-22-33(35(29-18-10-6-14-25(29)2)30-19-11-7-15-26(30)3)37(40(38)39)34(23-24)36(31-20-12-8-16-27(31)4)32-21-13-9-17-28(32)5/h6-23,35-36H,1-5H3. The van der Waals surface area contributed by atoms with Crippen LogP contribution in [0.25, 0.3) is 0 Å². The van der Waals surface area contributed by atoms with E-state index in [1.807, 2.05) is 0 Å². The highest BCUT2D eigenvalue weighted by Crippen LogP contribution is 2.52. The lowest BCUT2D eigenvalue weighted by molar-refractivity contribution is 0.925. The summed E-state index contributed by atoms with van der Waals surface area (Å²) in [5.41, 5.74) is 13.7. The van der Waals surface area contributed by atoms with E-state index >= 15 is 0 Å². The van der Waals surface area contributed by atoms with Crippen LogP contribution in [-0.4, -0.2) is 0 Å². The normalized spacial score (nSPS) is 11.6. The van der Waals surface area contributed by atoms with Crippen molar-refractivity contribution in [3.8, 4) is 0 Å². The number of hydrogen-bond donors (Lipinski definition) is 0. The van der Waals surface area contributed by atoms with Crippen LogP contribution >= 0.6 is 29.1 Å². The van der Waals surface area contributed by atoms with Gasteiger partial charge in [-0.15, -0.1) is 0 Å². The fourth-order valence-corrected chi connectivity index (χ4v) is 8.07. The van der Waals surface area contributed by atoms with Crippen LogP contribution in [0.2, 0.25) is 0 Å². The number of aryl methyl sites for hydroxylation is 5. The van der Waals surface area contributed by atoms with Crippen molar-refractivity contribution in [1.82, 2.24) is 0 Å². The molecule has 0 N–H and O–H groups in total. The average Bonchev–Trinajstić information content (AvgIpc) is 2.93. The van der Waals surface area contributed by atoms with E-state index in [0.29, 0.717) is 0 Å². The van der Waals surface area contributed by atoms with Crippen LogP contribution in [-0.2, 0) is 0 Å². The number of halogens is 2. The molecule has 0 aliphatic carbocycles. The van der Waals surface area contributed by atoms with E-state index in [-0.39, 0.29) is 11.8 Å². The lowest BCUT2D eigenvalue weighted by atomic mass is 9.76. The summed E-state index contributed by atoms with van der Waals surface area (Å²) >= 11 is 14.2. The molecule has 0 saturated carbocycles. The van der Waals surface area contributed by atoms with Gasteiger partial charge in [0.25, 0.3) is 0 Å². The minimum absolute atomic E-state index is 0.00735. The van der Waals surface area contributed by atoms with Gasteiger partial charge in [-0.2, -0.15) is 0 Å². The largest absolute Gasteiger partial charge is 0.117 e. The second-order valence-corrected chi connectivity index (χ2v) is 14.3. The Morgan fingerprint density at radius 3 is 0.950 bits per heavy atom. The van der Waals surface area contributed by atoms with Crippen molar-refractivity contribution in [2.24, 2.45) is 0 Å². The Morgan fingerprint density at radius 2 is 0.700 bits per heavy atom. The Morgan fingerprint density at radius 1 is 0.425 bits per heavy atom. The predicted molar refractivity (Wildman–Crippen MR) is 176 cm³/mol. The van der Waals surface area contributed by atoms with Crippen molar-refractivity contribution < 1.29 is 0 Å². The molecule has 202 valence electrons. The molecule has 0 radical (unpaired) electrons. The third kappa shape index (κ3) is 5.64. The third-order valence-corrected chi connectivity index (χ3v) is 9.97. The summed E-state index contributed by atoms with van der Waals surface area (Å²) < 4.78 is 0. The first-order chi connectivity index (χ1) is 19.3. The molecule has 0 aromatic heterocycles. The zero-order chi connectivity index (χ0) is 28.4. The summed E-state index contributed by atoms with van der Waals surface area (Å²) in [6.07, 6.45) is 0. The van der Waals surface area contributed by atoms with Gasteiger partial charge in [0.05, 0.1) is 0 Å². The molecule has 0 spiro atoms. The second-order valence-electron chi connectivity index (χ2n) is 10.8. The molecule has 3 heteroatoms. The van der Waals surface area contributed by atoms with Gasteiger partial charge in [-0.3, -0.25) is 0 Å². The van der Waals surface area contributed by atoms with E-state index in [1.54, 1.807) is 0 Å². The molecule has 40 heavy (non-hydrogen) atoms. The lowest BCUT2D eigenvalue weighted by Gasteiger charge is -2.31. The summed E-state index contributed by atoms with van der Waals surface area (Å²) in [5, 5.41) is 1.07.